The lowest BCUT2D eigenvalue weighted by molar-refractivity contribution is -0.143. The third-order valence-electron chi connectivity index (χ3n) is 3.72. The van der Waals surface area contributed by atoms with Crippen molar-refractivity contribution in [3.05, 3.63) is 29.8 Å². The van der Waals surface area contributed by atoms with Crippen molar-refractivity contribution in [2.24, 2.45) is 5.92 Å². The van der Waals surface area contributed by atoms with E-state index < -0.39 is 11.9 Å². The molecule has 0 bridgehead atoms. The average Bonchev–Trinajstić information content (AvgIpc) is 2.55. The van der Waals surface area contributed by atoms with Crippen LogP contribution in [0.5, 0.6) is 5.75 Å². The van der Waals surface area contributed by atoms with Gasteiger partial charge in [0.05, 0.1) is 18.1 Å². The molecule has 1 fully saturated rings. The van der Waals surface area contributed by atoms with E-state index in [0.29, 0.717) is 43.9 Å². The van der Waals surface area contributed by atoms with Crippen LogP contribution in [0.15, 0.2) is 24.3 Å². The van der Waals surface area contributed by atoms with Crippen LogP contribution in [0.25, 0.3) is 0 Å². The van der Waals surface area contributed by atoms with E-state index >= 15 is 0 Å². The Labute approximate surface area is 129 Å². The highest BCUT2D eigenvalue weighted by Crippen LogP contribution is 2.23. The maximum Gasteiger partial charge on any atom is 0.308 e. The van der Waals surface area contributed by atoms with Crippen molar-refractivity contribution in [3.8, 4) is 5.75 Å². The number of methoxy groups -OCH3 is 1. The normalized spacial score (nSPS) is 18.0. The van der Waals surface area contributed by atoms with Gasteiger partial charge in [-0.05, 0) is 25.0 Å². The Morgan fingerprint density at radius 1 is 1.32 bits per heavy atom. The van der Waals surface area contributed by atoms with Gasteiger partial charge in [-0.3, -0.25) is 9.59 Å². The number of hydrogen-bond acceptors (Lipinski definition) is 4. The Morgan fingerprint density at radius 2 is 2.09 bits per heavy atom. The highest BCUT2D eigenvalue weighted by Gasteiger charge is 2.29. The van der Waals surface area contributed by atoms with Crippen LogP contribution < -0.4 is 4.74 Å². The van der Waals surface area contributed by atoms with Crippen LogP contribution in [-0.2, 0) is 9.53 Å². The third kappa shape index (κ3) is 3.98. The van der Waals surface area contributed by atoms with E-state index in [0.717, 1.165) is 0 Å². The molecule has 1 N–H and O–H groups in total. The molecule has 0 spiro atoms. The fourth-order valence-electron chi connectivity index (χ4n) is 2.54. The molecule has 0 unspecified atom stereocenters. The summed E-state index contributed by atoms with van der Waals surface area (Å²) in [5.74, 6) is -1.01. The summed E-state index contributed by atoms with van der Waals surface area (Å²) in [5, 5.41) is 9.13. The van der Waals surface area contributed by atoms with Crippen LogP contribution in [0.4, 0.5) is 0 Å². The van der Waals surface area contributed by atoms with Gasteiger partial charge in [0.25, 0.3) is 5.91 Å². The van der Waals surface area contributed by atoms with E-state index in [1.54, 1.807) is 36.3 Å². The summed E-state index contributed by atoms with van der Waals surface area (Å²) in [6.07, 6.45) is 1.32. The van der Waals surface area contributed by atoms with Gasteiger partial charge in [0, 0.05) is 20.2 Å². The van der Waals surface area contributed by atoms with Gasteiger partial charge in [-0.15, -0.1) is 0 Å². The second-order valence-corrected chi connectivity index (χ2v) is 5.27. The smallest absolute Gasteiger partial charge is 0.308 e. The van der Waals surface area contributed by atoms with Gasteiger partial charge in [-0.1, -0.05) is 12.1 Å². The second-order valence-electron chi connectivity index (χ2n) is 5.27. The van der Waals surface area contributed by atoms with Gasteiger partial charge in [0.2, 0.25) is 0 Å². The number of rotatable bonds is 6. The maximum atomic E-state index is 12.6. The number of likely N-dealkylation sites (tertiary alicyclic amines) is 1. The van der Waals surface area contributed by atoms with E-state index in [9.17, 15) is 9.59 Å². The van der Waals surface area contributed by atoms with Gasteiger partial charge >= 0.3 is 5.97 Å². The Balaban J connectivity index is 2.10. The highest BCUT2D eigenvalue weighted by molar-refractivity contribution is 5.97. The molecule has 6 heteroatoms. The van der Waals surface area contributed by atoms with Crippen molar-refractivity contribution in [3.63, 3.8) is 0 Å². The summed E-state index contributed by atoms with van der Waals surface area (Å²) in [6, 6.07) is 7.01. The zero-order valence-corrected chi connectivity index (χ0v) is 12.7. The summed E-state index contributed by atoms with van der Waals surface area (Å²) in [4.78, 5) is 25.4. The van der Waals surface area contributed by atoms with E-state index in [-0.39, 0.29) is 12.5 Å². The van der Waals surface area contributed by atoms with Crippen molar-refractivity contribution in [1.82, 2.24) is 4.90 Å². The van der Waals surface area contributed by atoms with Crippen molar-refractivity contribution >= 4 is 11.9 Å². The third-order valence-corrected chi connectivity index (χ3v) is 3.72. The standard InChI is InChI=1S/C16H21NO5/c1-21-9-10-22-14-7-3-2-6-13(14)15(18)17-8-4-5-12(11-17)16(19)20/h2-3,6-7,12H,4-5,8-11H2,1H3,(H,19,20)/t12-/m1/s1. The van der Waals surface area contributed by atoms with Crippen LogP contribution in [0.1, 0.15) is 23.2 Å². The number of nitrogens with zero attached hydrogens (tertiary/aromatic N) is 1. The molecule has 1 aromatic rings. The molecule has 1 amide bonds. The summed E-state index contributed by atoms with van der Waals surface area (Å²) >= 11 is 0. The molecule has 22 heavy (non-hydrogen) atoms. The molecule has 0 saturated carbocycles. The van der Waals surface area contributed by atoms with Gasteiger partial charge in [0.1, 0.15) is 12.4 Å². The predicted octanol–water partition coefficient (Wildman–Crippen LogP) is 1.65. The fraction of sp³-hybridized carbons (Fsp3) is 0.500. The van der Waals surface area contributed by atoms with Gasteiger partial charge in [0.15, 0.2) is 0 Å². The topological polar surface area (TPSA) is 76.1 Å². The Hall–Kier alpha value is -2.08. The first-order valence-electron chi connectivity index (χ1n) is 7.36. The van der Waals surface area contributed by atoms with Crippen molar-refractivity contribution < 1.29 is 24.2 Å². The van der Waals surface area contributed by atoms with Gasteiger partial charge in [-0.25, -0.2) is 0 Å². The molecule has 1 aromatic carbocycles. The Bertz CT molecular complexity index is 531. The SMILES string of the molecule is COCCOc1ccccc1C(=O)N1CCC[C@@H](C(=O)O)C1. The number of carbonyl (C=O) groups is 2. The number of carboxylic acids is 1. The highest BCUT2D eigenvalue weighted by atomic mass is 16.5. The molecule has 1 aliphatic rings. The van der Waals surface area contributed by atoms with Crippen molar-refractivity contribution in [2.75, 3.05) is 33.4 Å². The largest absolute Gasteiger partial charge is 0.490 e. The number of benzene rings is 1. The van der Waals surface area contributed by atoms with E-state index in [4.69, 9.17) is 14.6 Å². The van der Waals surface area contributed by atoms with Crippen LogP contribution in [0, 0.1) is 5.92 Å². The number of hydrogen-bond donors (Lipinski definition) is 1. The van der Waals surface area contributed by atoms with E-state index in [1.807, 2.05) is 0 Å². The number of piperidine rings is 1. The molecule has 0 aliphatic carbocycles. The Kier molecular flexibility index (Phi) is 5.77. The molecule has 0 aromatic heterocycles. The van der Waals surface area contributed by atoms with Gasteiger partial charge in [-0.2, -0.15) is 0 Å². The Morgan fingerprint density at radius 3 is 2.82 bits per heavy atom. The molecule has 6 nitrogen and oxygen atoms in total. The monoisotopic (exact) mass is 307 g/mol. The van der Waals surface area contributed by atoms with E-state index in [2.05, 4.69) is 0 Å². The molecular weight excluding hydrogens is 286 g/mol. The second kappa shape index (κ2) is 7.79. The molecule has 2 rings (SSSR count). The molecule has 1 saturated heterocycles. The summed E-state index contributed by atoms with van der Waals surface area (Å²) in [6.45, 7) is 1.63. The van der Waals surface area contributed by atoms with Crippen molar-refractivity contribution in [2.45, 2.75) is 12.8 Å². The number of carbonyl (C=O) groups excluding carboxylic acids is 1. The first-order chi connectivity index (χ1) is 10.6. The van der Waals surface area contributed by atoms with Crippen molar-refractivity contribution in [1.29, 1.82) is 0 Å². The quantitative estimate of drug-likeness (QED) is 0.809. The number of ether oxygens (including phenoxy) is 2. The molecule has 120 valence electrons. The number of aliphatic carboxylic acids is 1. The van der Waals surface area contributed by atoms with Crippen LogP contribution >= 0.6 is 0 Å². The molecule has 0 radical (unpaired) electrons. The first kappa shape index (κ1) is 16.3. The first-order valence-corrected chi connectivity index (χ1v) is 7.36. The number of amides is 1. The molecule has 1 aliphatic heterocycles. The lowest BCUT2D eigenvalue weighted by atomic mass is 9.97. The summed E-state index contributed by atoms with van der Waals surface area (Å²) in [7, 11) is 1.58. The minimum Gasteiger partial charge on any atom is -0.490 e. The molecule has 1 heterocycles. The van der Waals surface area contributed by atoms with E-state index in [1.165, 1.54) is 0 Å². The van der Waals surface area contributed by atoms with Gasteiger partial charge < -0.3 is 19.5 Å². The number of carboxylic acid groups (broad SMARTS) is 1. The fourth-order valence-corrected chi connectivity index (χ4v) is 2.54. The van der Waals surface area contributed by atoms with Crippen LogP contribution in [0.3, 0.4) is 0 Å². The lowest BCUT2D eigenvalue weighted by Gasteiger charge is -2.31. The zero-order chi connectivity index (χ0) is 15.9. The summed E-state index contributed by atoms with van der Waals surface area (Å²) < 4.78 is 10.5. The minimum atomic E-state index is -0.845. The molecule has 1 atom stereocenters. The van der Waals surface area contributed by atoms with Crippen LogP contribution in [0.2, 0.25) is 0 Å². The predicted molar refractivity (Wildman–Crippen MR) is 80.1 cm³/mol. The minimum absolute atomic E-state index is 0.182. The van der Waals surface area contributed by atoms with Crippen LogP contribution in [-0.4, -0.2) is 55.3 Å². The number of para-hydroxylation sites is 1. The average molecular weight is 307 g/mol. The molecular formula is C16H21NO5. The maximum absolute atomic E-state index is 12.6. The zero-order valence-electron chi connectivity index (χ0n) is 12.7. The lowest BCUT2D eigenvalue weighted by Crippen LogP contribution is -2.42. The summed E-state index contributed by atoms with van der Waals surface area (Å²) in [5.41, 5.74) is 0.463.